The molecule has 0 atom stereocenters. The van der Waals surface area contributed by atoms with Crippen molar-refractivity contribution in [1.29, 1.82) is 0 Å². The van der Waals surface area contributed by atoms with Gasteiger partial charge in [0, 0.05) is 0 Å². The van der Waals surface area contributed by atoms with Gasteiger partial charge in [-0.2, -0.15) is 4.98 Å². The van der Waals surface area contributed by atoms with Crippen LogP contribution in [0.1, 0.15) is 5.82 Å². The summed E-state index contributed by atoms with van der Waals surface area (Å²) in [4.78, 5) is 8.00. The lowest BCUT2D eigenvalue weighted by Crippen LogP contribution is -1.86. The third-order valence-electron chi connectivity index (χ3n) is 1.39. The molecule has 0 saturated carbocycles. The van der Waals surface area contributed by atoms with E-state index in [9.17, 15) is 0 Å². The van der Waals surface area contributed by atoms with Gasteiger partial charge >= 0.3 is 0 Å². The second-order valence-corrected chi connectivity index (χ2v) is 2.56. The first-order valence-corrected chi connectivity index (χ1v) is 3.52. The molecular weight excluding hydrogens is 164 g/mol. The van der Waals surface area contributed by atoms with Crippen LogP contribution in [0.2, 0.25) is 5.15 Å². The molecule has 0 unspecified atom stereocenters. The van der Waals surface area contributed by atoms with E-state index in [1.54, 1.807) is 19.3 Å². The first-order valence-electron chi connectivity index (χ1n) is 3.15. The number of rotatable bonds is 0. The van der Waals surface area contributed by atoms with Crippen molar-refractivity contribution in [2.24, 2.45) is 0 Å². The number of aromatic nitrogens is 2. The molecular formula is C7H5ClN2O. The fourth-order valence-corrected chi connectivity index (χ4v) is 1.19. The molecule has 11 heavy (non-hydrogen) atoms. The molecule has 0 aliphatic carbocycles. The van der Waals surface area contributed by atoms with Crippen LogP contribution in [0.5, 0.6) is 0 Å². The van der Waals surface area contributed by atoms with Crippen molar-refractivity contribution < 1.29 is 4.42 Å². The van der Waals surface area contributed by atoms with Crippen LogP contribution in [0.3, 0.4) is 0 Å². The molecule has 0 radical (unpaired) electrons. The highest BCUT2D eigenvalue weighted by molar-refractivity contribution is 6.33. The Labute approximate surface area is 68.0 Å². The Morgan fingerprint density at radius 1 is 1.45 bits per heavy atom. The Morgan fingerprint density at radius 3 is 3.09 bits per heavy atom. The van der Waals surface area contributed by atoms with Crippen LogP contribution in [-0.4, -0.2) is 9.97 Å². The quantitative estimate of drug-likeness (QED) is 0.566. The zero-order valence-corrected chi connectivity index (χ0v) is 6.59. The molecule has 56 valence electrons. The second-order valence-electron chi connectivity index (χ2n) is 2.20. The van der Waals surface area contributed by atoms with Gasteiger partial charge < -0.3 is 4.42 Å². The average Bonchev–Trinajstić information content (AvgIpc) is 2.34. The van der Waals surface area contributed by atoms with Crippen LogP contribution in [0, 0.1) is 6.92 Å². The normalized spacial score (nSPS) is 10.7. The monoisotopic (exact) mass is 168 g/mol. The molecule has 2 rings (SSSR count). The minimum absolute atomic E-state index is 0.446. The fraction of sp³-hybridized carbons (Fsp3) is 0.143. The summed E-state index contributed by atoms with van der Waals surface area (Å²) in [5.41, 5.74) is 0.544. The van der Waals surface area contributed by atoms with Crippen molar-refractivity contribution in [2.45, 2.75) is 6.92 Å². The van der Waals surface area contributed by atoms with Gasteiger partial charge in [0.25, 0.3) is 0 Å². The third kappa shape index (κ3) is 0.973. The molecule has 0 spiro atoms. The molecule has 0 N–H and O–H groups in total. The van der Waals surface area contributed by atoms with Crippen molar-refractivity contribution in [3.8, 4) is 0 Å². The molecule has 2 heterocycles. The molecule has 0 saturated heterocycles. The number of fused-ring (bicyclic) bond motifs is 1. The first-order chi connectivity index (χ1) is 5.27. The molecule has 0 aliphatic heterocycles. The van der Waals surface area contributed by atoms with E-state index in [-0.39, 0.29) is 0 Å². The van der Waals surface area contributed by atoms with Crippen LogP contribution < -0.4 is 0 Å². The standard InChI is InChI=1S/C7H5ClN2O/c1-4-9-6(8)5-2-3-11-7(5)10-4/h2-3H,1H3. The van der Waals surface area contributed by atoms with Crippen molar-refractivity contribution in [3.05, 3.63) is 23.3 Å². The van der Waals surface area contributed by atoms with Crippen LogP contribution in [-0.2, 0) is 0 Å². The van der Waals surface area contributed by atoms with E-state index in [0.717, 1.165) is 5.39 Å². The molecule has 0 aromatic carbocycles. The molecule has 2 aromatic rings. The molecule has 0 aliphatic rings. The van der Waals surface area contributed by atoms with Gasteiger partial charge in [0.05, 0.1) is 11.6 Å². The lowest BCUT2D eigenvalue weighted by Gasteiger charge is -1.92. The van der Waals surface area contributed by atoms with E-state index in [1.807, 2.05) is 0 Å². The summed E-state index contributed by atoms with van der Waals surface area (Å²) in [5, 5.41) is 1.21. The number of nitrogens with zero attached hydrogens (tertiary/aromatic N) is 2. The average molecular weight is 169 g/mol. The predicted octanol–water partition coefficient (Wildman–Crippen LogP) is 2.18. The zero-order valence-electron chi connectivity index (χ0n) is 5.84. The SMILES string of the molecule is Cc1nc(Cl)c2ccoc2n1. The minimum Gasteiger partial charge on any atom is -0.446 e. The Hall–Kier alpha value is -1.09. The highest BCUT2D eigenvalue weighted by atomic mass is 35.5. The maximum Gasteiger partial charge on any atom is 0.230 e. The number of hydrogen-bond acceptors (Lipinski definition) is 3. The first kappa shape index (κ1) is 6.61. The van der Waals surface area contributed by atoms with E-state index in [1.165, 1.54) is 0 Å². The summed E-state index contributed by atoms with van der Waals surface area (Å²) in [5.74, 6) is 0.623. The number of halogens is 1. The Kier molecular flexibility index (Phi) is 1.32. The van der Waals surface area contributed by atoms with Gasteiger partial charge in [0.1, 0.15) is 11.0 Å². The lowest BCUT2D eigenvalue weighted by molar-refractivity contribution is 0.601. The third-order valence-corrected chi connectivity index (χ3v) is 1.68. The second kappa shape index (κ2) is 2.20. The minimum atomic E-state index is 0.446. The van der Waals surface area contributed by atoms with Crippen molar-refractivity contribution >= 4 is 22.7 Å². The number of aryl methyl sites for hydroxylation is 1. The highest BCUT2D eigenvalue weighted by Gasteiger charge is 2.04. The van der Waals surface area contributed by atoms with Gasteiger partial charge in [0.15, 0.2) is 0 Å². The zero-order chi connectivity index (χ0) is 7.84. The van der Waals surface area contributed by atoms with Gasteiger partial charge in [-0.15, -0.1) is 0 Å². The summed E-state index contributed by atoms with van der Waals surface area (Å²) in [6.45, 7) is 1.77. The van der Waals surface area contributed by atoms with Gasteiger partial charge in [0.2, 0.25) is 5.71 Å². The lowest BCUT2D eigenvalue weighted by atomic mass is 10.4. The van der Waals surface area contributed by atoms with E-state index < -0.39 is 0 Å². The maximum atomic E-state index is 5.79. The Balaban J connectivity index is 2.91. The Bertz CT molecular complexity index is 396. The van der Waals surface area contributed by atoms with Gasteiger partial charge in [-0.3, -0.25) is 0 Å². The Morgan fingerprint density at radius 2 is 2.27 bits per heavy atom. The van der Waals surface area contributed by atoms with Crippen molar-refractivity contribution in [1.82, 2.24) is 9.97 Å². The predicted molar refractivity (Wildman–Crippen MR) is 41.6 cm³/mol. The maximum absolute atomic E-state index is 5.79. The molecule has 0 amide bonds. The molecule has 4 heteroatoms. The summed E-state index contributed by atoms with van der Waals surface area (Å²) in [6, 6.07) is 1.75. The number of furan rings is 1. The van der Waals surface area contributed by atoms with Gasteiger partial charge in [-0.1, -0.05) is 11.6 Å². The van der Waals surface area contributed by atoms with E-state index >= 15 is 0 Å². The van der Waals surface area contributed by atoms with E-state index in [2.05, 4.69) is 9.97 Å². The van der Waals surface area contributed by atoms with E-state index in [4.69, 9.17) is 16.0 Å². The van der Waals surface area contributed by atoms with Crippen LogP contribution >= 0.6 is 11.6 Å². The summed E-state index contributed by atoms with van der Waals surface area (Å²) < 4.78 is 5.04. The van der Waals surface area contributed by atoms with E-state index in [0.29, 0.717) is 16.7 Å². The summed E-state index contributed by atoms with van der Waals surface area (Å²) >= 11 is 5.79. The van der Waals surface area contributed by atoms with Crippen LogP contribution in [0.15, 0.2) is 16.7 Å². The molecule has 2 aromatic heterocycles. The molecule has 0 fully saturated rings. The van der Waals surface area contributed by atoms with Gasteiger partial charge in [-0.05, 0) is 13.0 Å². The van der Waals surface area contributed by atoms with Gasteiger partial charge in [-0.25, -0.2) is 4.98 Å². The smallest absolute Gasteiger partial charge is 0.230 e. The highest BCUT2D eigenvalue weighted by Crippen LogP contribution is 2.20. The van der Waals surface area contributed by atoms with Crippen LogP contribution in [0.25, 0.3) is 11.1 Å². The van der Waals surface area contributed by atoms with Crippen molar-refractivity contribution in [2.75, 3.05) is 0 Å². The fourth-order valence-electron chi connectivity index (χ4n) is 0.919. The number of hydrogen-bond donors (Lipinski definition) is 0. The van der Waals surface area contributed by atoms with Crippen molar-refractivity contribution in [3.63, 3.8) is 0 Å². The largest absolute Gasteiger partial charge is 0.446 e. The molecule has 3 nitrogen and oxygen atoms in total. The van der Waals surface area contributed by atoms with Crippen LogP contribution in [0.4, 0.5) is 0 Å². The summed E-state index contributed by atoms with van der Waals surface area (Å²) in [6.07, 6.45) is 1.55. The summed E-state index contributed by atoms with van der Waals surface area (Å²) in [7, 11) is 0. The molecule has 0 bridgehead atoms. The topological polar surface area (TPSA) is 38.9 Å².